The molecule has 0 radical (unpaired) electrons. The minimum Gasteiger partial charge on any atom is -0.450 e. The van der Waals surface area contributed by atoms with E-state index in [4.69, 9.17) is 16.3 Å². The molecule has 0 spiro atoms. The summed E-state index contributed by atoms with van der Waals surface area (Å²) >= 11 is 6.28. The Morgan fingerprint density at radius 1 is 1.11 bits per heavy atom. The Morgan fingerprint density at radius 2 is 1.81 bits per heavy atom. The van der Waals surface area contributed by atoms with Gasteiger partial charge in [-0.2, -0.15) is 0 Å². The minimum atomic E-state index is -0.284. The molecule has 2 heterocycles. The molecule has 2 amide bonds. The number of amides is 2. The zero-order chi connectivity index (χ0) is 19.2. The van der Waals surface area contributed by atoms with Crippen molar-refractivity contribution in [2.24, 2.45) is 5.92 Å². The monoisotopic (exact) mass is 393 g/mol. The average molecular weight is 394 g/mol. The van der Waals surface area contributed by atoms with E-state index in [1.165, 1.54) is 0 Å². The first-order valence-electron chi connectivity index (χ1n) is 9.74. The van der Waals surface area contributed by atoms with Gasteiger partial charge in [0.2, 0.25) is 5.91 Å². The molecule has 2 saturated heterocycles. The van der Waals surface area contributed by atoms with E-state index in [1.807, 2.05) is 29.2 Å². The van der Waals surface area contributed by atoms with Crippen LogP contribution < -0.4 is 0 Å². The van der Waals surface area contributed by atoms with Gasteiger partial charge in [-0.3, -0.25) is 9.69 Å². The summed E-state index contributed by atoms with van der Waals surface area (Å²) in [6.07, 6.45) is 1.66. The van der Waals surface area contributed by atoms with Crippen molar-refractivity contribution in [3.8, 4) is 0 Å². The number of carbonyl (C=O) groups excluding carboxylic acids is 2. The zero-order valence-corrected chi connectivity index (χ0v) is 16.7. The van der Waals surface area contributed by atoms with Gasteiger partial charge in [0, 0.05) is 44.3 Å². The molecule has 1 atom stereocenters. The molecule has 0 saturated carbocycles. The van der Waals surface area contributed by atoms with Crippen LogP contribution in [0.4, 0.5) is 4.79 Å². The van der Waals surface area contributed by atoms with Crippen LogP contribution in [-0.4, -0.2) is 72.6 Å². The van der Waals surface area contributed by atoms with Gasteiger partial charge in [-0.1, -0.05) is 29.8 Å². The predicted octanol–water partition coefficient (Wildman–Crippen LogP) is 2.85. The summed E-state index contributed by atoms with van der Waals surface area (Å²) in [5.74, 6) is 0.234. The quantitative estimate of drug-likeness (QED) is 0.789. The molecule has 7 heteroatoms. The Kier molecular flexibility index (Phi) is 6.96. The van der Waals surface area contributed by atoms with Crippen molar-refractivity contribution in [1.82, 2.24) is 14.7 Å². The zero-order valence-electron chi connectivity index (χ0n) is 15.9. The van der Waals surface area contributed by atoms with E-state index >= 15 is 0 Å². The van der Waals surface area contributed by atoms with Crippen LogP contribution in [0.5, 0.6) is 0 Å². The van der Waals surface area contributed by atoms with Crippen LogP contribution in [0.25, 0.3) is 0 Å². The number of piperidine rings is 1. The molecule has 2 aliphatic rings. The lowest BCUT2D eigenvalue weighted by Crippen LogP contribution is -2.53. The van der Waals surface area contributed by atoms with Crippen molar-refractivity contribution in [1.29, 1.82) is 0 Å². The fourth-order valence-electron chi connectivity index (χ4n) is 3.85. The third-order valence-corrected chi connectivity index (χ3v) is 5.69. The molecule has 1 aromatic rings. The summed E-state index contributed by atoms with van der Waals surface area (Å²) in [5.41, 5.74) is 1.11. The standard InChI is InChI=1S/C20H28ClN3O3/c1-2-27-20(26)24-12-10-23(11-13-24)19(25)17-7-5-9-22(15-17)14-16-6-3-4-8-18(16)21/h3-4,6,8,17H,2,5,7,9-15H2,1H3/t17-/m0/s1. The summed E-state index contributed by atoms with van der Waals surface area (Å²) in [4.78, 5) is 30.7. The fraction of sp³-hybridized carbons (Fsp3) is 0.600. The van der Waals surface area contributed by atoms with Crippen LogP contribution in [0.3, 0.4) is 0 Å². The number of nitrogens with zero attached hydrogens (tertiary/aromatic N) is 3. The molecule has 1 aromatic carbocycles. The van der Waals surface area contributed by atoms with Crippen molar-refractivity contribution >= 4 is 23.6 Å². The maximum atomic E-state index is 13.0. The molecule has 3 rings (SSSR count). The van der Waals surface area contributed by atoms with Gasteiger partial charge >= 0.3 is 6.09 Å². The molecule has 0 aliphatic carbocycles. The summed E-state index contributed by atoms with van der Waals surface area (Å²) in [7, 11) is 0. The Bertz CT molecular complexity index is 662. The number of carbonyl (C=O) groups is 2. The van der Waals surface area contributed by atoms with E-state index in [2.05, 4.69) is 4.90 Å². The first-order chi connectivity index (χ1) is 13.1. The van der Waals surface area contributed by atoms with Crippen molar-refractivity contribution in [3.05, 3.63) is 34.9 Å². The lowest BCUT2D eigenvalue weighted by Gasteiger charge is -2.38. The third kappa shape index (κ3) is 5.14. The van der Waals surface area contributed by atoms with Gasteiger partial charge in [0.25, 0.3) is 0 Å². The number of rotatable bonds is 4. The number of piperazine rings is 1. The van der Waals surface area contributed by atoms with E-state index in [-0.39, 0.29) is 17.9 Å². The lowest BCUT2D eigenvalue weighted by atomic mass is 9.95. The Balaban J connectivity index is 1.51. The second kappa shape index (κ2) is 9.42. The van der Waals surface area contributed by atoms with Gasteiger partial charge < -0.3 is 14.5 Å². The highest BCUT2D eigenvalue weighted by atomic mass is 35.5. The smallest absolute Gasteiger partial charge is 0.409 e. The highest BCUT2D eigenvalue weighted by molar-refractivity contribution is 6.31. The van der Waals surface area contributed by atoms with Crippen LogP contribution in [0.15, 0.2) is 24.3 Å². The SMILES string of the molecule is CCOC(=O)N1CCN(C(=O)[C@H]2CCCN(Cc3ccccc3Cl)C2)CC1. The normalized spacial score (nSPS) is 21.2. The van der Waals surface area contributed by atoms with Gasteiger partial charge in [-0.15, -0.1) is 0 Å². The van der Waals surface area contributed by atoms with E-state index in [1.54, 1.807) is 11.8 Å². The summed E-state index contributed by atoms with van der Waals surface area (Å²) in [6.45, 7) is 6.96. The van der Waals surface area contributed by atoms with Gasteiger partial charge in [0.15, 0.2) is 0 Å². The minimum absolute atomic E-state index is 0.0235. The number of hydrogen-bond donors (Lipinski definition) is 0. The number of hydrogen-bond acceptors (Lipinski definition) is 4. The summed E-state index contributed by atoms with van der Waals surface area (Å²) in [5, 5.41) is 0.779. The Labute approximate surface area is 166 Å². The number of halogens is 1. The van der Waals surface area contributed by atoms with E-state index in [0.29, 0.717) is 32.8 Å². The lowest BCUT2D eigenvalue weighted by molar-refractivity contribution is -0.139. The van der Waals surface area contributed by atoms with Crippen LogP contribution in [0.2, 0.25) is 5.02 Å². The van der Waals surface area contributed by atoms with Crippen LogP contribution in [0.1, 0.15) is 25.3 Å². The molecule has 0 unspecified atom stereocenters. The number of likely N-dealkylation sites (tertiary alicyclic amines) is 1. The van der Waals surface area contributed by atoms with Crippen molar-refractivity contribution in [2.45, 2.75) is 26.3 Å². The molecule has 0 N–H and O–H groups in total. The third-order valence-electron chi connectivity index (χ3n) is 5.32. The molecule has 2 fully saturated rings. The van der Waals surface area contributed by atoms with Crippen LogP contribution in [0, 0.1) is 5.92 Å². The molecular formula is C20H28ClN3O3. The summed E-state index contributed by atoms with van der Waals surface area (Å²) < 4.78 is 5.04. The molecular weight excluding hydrogens is 366 g/mol. The largest absolute Gasteiger partial charge is 0.450 e. The molecule has 148 valence electrons. The molecule has 0 aromatic heterocycles. The first kappa shape index (κ1) is 20.0. The van der Waals surface area contributed by atoms with Gasteiger partial charge in [0.1, 0.15) is 0 Å². The Morgan fingerprint density at radius 3 is 2.52 bits per heavy atom. The fourth-order valence-corrected chi connectivity index (χ4v) is 4.05. The maximum Gasteiger partial charge on any atom is 0.409 e. The molecule has 6 nitrogen and oxygen atoms in total. The highest BCUT2D eigenvalue weighted by Crippen LogP contribution is 2.24. The van der Waals surface area contributed by atoms with Crippen molar-refractivity contribution in [3.63, 3.8) is 0 Å². The molecule has 0 bridgehead atoms. The van der Waals surface area contributed by atoms with Crippen molar-refractivity contribution < 1.29 is 14.3 Å². The van der Waals surface area contributed by atoms with E-state index in [0.717, 1.165) is 43.1 Å². The van der Waals surface area contributed by atoms with Gasteiger partial charge in [0.05, 0.1) is 12.5 Å². The van der Waals surface area contributed by atoms with Crippen LogP contribution in [-0.2, 0) is 16.1 Å². The van der Waals surface area contributed by atoms with Crippen LogP contribution >= 0.6 is 11.6 Å². The maximum absolute atomic E-state index is 13.0. The number of benzene rings is 1. The highest BCUT2D eigenvalue weighted by Gasteiger charge is 2.32. The summed E-state index contributed by atoms with van der Waals surface area (Å²) in [6, 6.07) is 7.88. The van der Waals surface area contributed by atoms with Gasteiger partial charge in [-0.05, 0) is 37.9 Å². The average Bonchev–Trinajstić information content (AvgIpc) is 2.70. The molecule has 27 heavy (non-hydrogen) atoms. The topological polar surface area (TPSA) is 53.1 Å². The van der Waals surface area contributed by atoms with E-state index < -0.39 is 0 Å². The molecule has 2 aliphatic heterocycles. The Hall–Kier alpha value is -1.79. The van der Waals surface area contributed by atoms with Crippen molar-refractivity contribution in [2.75, 3.05) is 45.9 Å². The van der Waals surface area contributed by atoms with E-state index in [9.17, 15) is 9.59 Å². The second-order valence-electron chi connectivity index (χ2n) is 7.18. The number of ether oxygens (including phenoxy) is 1. The second-order valence-corrected chi connectivity index (χ2v) is 7.58. The van der Waals surface area contributed by atoms with Gasteiger partial charge in [-0.25, -0.2) is 4.79 Å². The predicted molar refractivity (Wildman–Crippen MR) is 105 cm³/mol. The first-order valence-corrected chi connectivity index (χ1v) is 10.1.